The van der Waals surface area contributed by atoms with Crippen LogP contribution >= 0.6 is 0 Å². The molecule has 0 aromatic heterocycles. The Kier molecular flexibility index (Phi) is 9.81. The minimum atomic E-state index is -0.403. The van der Waals surface area contributed by atoms with Gasteiger partial charge in [0.1, 0.15) is 36.3 Å². The number of rotatable bonds is 8. The second kappa shape index (κ2) is 11.9. The molecule has 0 atom stereocenters. The van der Waals surface area contributed by atoms with Crippen molar-refractivity contribution in [2.24, 2.45) is 0 Å². The number of carbonyl (C=O) groups is 1. The van der Waals surface area contributed by atoms with E-state index in [1.165, 1.54) is 50.6 Å². The molecule has 25 heavy (non-hydrogen) atoms. The predicted octanol–water partition coefficient (Wildman–Crippen LogP) is 3.23. The van der Waals surface area contributed by atoms with Gasteiger partial charge < -0.3 is 18.9 Å². The van der Waals surface area contributed by atoms with Crippen molar-refractivity contribution >= 4 is 6.29 Å². The molecule has 0 spiro atoms. The highest BCUT2D eigenvalue weighted by Crippen LogP contribution is 2.11. The van der Waals surface area contributed by atoms with Crippen molar-refractivity contribution < 1.29 is 32.5 Å². The molecule has 0 aliphatic rings. The standard InChI is InChI=1S/C10H13FO3.C8H7FO2/c1-12-10(13-2)7-14-9-5-3-8(11)4-6-9;9-7-1-3-8(4-2-7)11-6-5-10/h3-6,10H,7H2,1-2H3;1-5H,6H2. The van der Waals surface area contributed by atoms with Gasteiger partial charge in [-0.05, 0) is 48.5 Å². The largest absolute Gasteiger partial charge is 0.488 e. The number of ether oxygens (including phenoxy) is 4. The number of hydrogen-bond acceptors (Lipinski definition) is 5. The first kappa shape index (κ1) is 20.5. The summed E-state index contributed by atoms with van der Waals surface area (Å²) in [6.07, 6.45) is 0.239. The maximum absolute atomic E-state index is 12.5. The van der Waals surface area contributed by atoms with Crippen molar-refractivity contribution in [2.75, 3.05) is 27.4 Å². The number of methoxy groups -OCH3 is 2. The Labute approximate surface area is 145 Å². The quantitative estimate of drug-likeness (QED) is 0.538. The van der Waals surface area contributed by atoms with E-state index in [2.05, 4.69) is 0 Å². The lowest BCUT2D eigenvalue weighted by Gasteiger charge is -2.14. The molecule has 0 bridgehead atoms. The molecule has 5 nitrogen and oxygen atoms in total. The third-order valence-electron chi connectivity index (χ3n) is 2.86. The van der Waals surface area contributed by atoms with Gasteiger partial charge in [-0.25, -0.2) is 8.78 Å². The van der Waals surface area contributed by atoms with Crippen molar-refractivity contribution in [2.45, 2.75) is 6.29 Å². The minimum Gasteiger partial charge on any atom is -0.488 e. The molecule has 0 N–H and O–H groups in total. The van der Waals surface area contributed by atoms with Crippen molar-refractivity contribution in [1.82, 2.24) is 0 Å². The Morgan fingerprint density at radius 3 is 1.68 bits per heavy atom. The van der Waals surface area contributed by atoms with Crippen LogP contribution < -0.4 is 9.47 Å². The number of halogens is 2. The summed E-state index contributed by atoms with van der Waals surface area (Å²) in [6, 6.07) is 11.3. The fourth-order valence-corrected chi connectivity index (χ4v) is 1.59. The van der Waals surface area contributed by atoms with Crippen LogP contribution in [0.3, 0.4) is 0 Å². The predicted molar refractivity (Wildman–Crippen MR) is 87.7 cm³/mol. The molecule has 0 radical (unpaired) electrons. The maximum atomic E-state index is 12.5. The van der Waals surface area contributed by atoms with Gasteiger partial charge in [0.25, 0.3) is 0 Å². The Bertz CT molecular complexity index is 598. The molecular weight excluding hydrogens is 334 g/mol. The molecule has 0 amide bonds. The summed E-state index contributed by atoms with van der Waals surface area (Å²) in [5, 5.41) is 0. The van der Waals surface area contributed by atoms with E-state index in [1.54, 1.807) is 12.1 Å². The van der Waals surface area contributed by atoms with E-state index in [4.69, 9.17) is 18.9 Å². The summed E-state index contributed by atoms with van der Waals surface area (Å²) >= 11 is 0. The summed E-state index contributed by atoms with van der Waals surface area (Å²) in [5.41, 5.74) is 0. The second-order valence-corrected chi connectivity index (χ2v) is 4.60. The van der Waals surface area contributed by atoms with Crippen LogP contribution in [0.4, 0.5) is 8.78 Å². The molecular formula is C18H20F2O5. The topological polar surface area (TPSA) is 54.0 Å². The van der Waals surface area contributed by atoms with E-state index >= 15 is 0 Å². The van der Waals surface area contributed by atoms with E-state index in [9.17, 15) is 13.6 Å². The molecule has 0 saturated heterocycles. The Morgan fingerprint density at radius 2 is 1.28 bits per heavy atom. The van der Waals surface area contributed by atoms with Gasteiger partial charge in [0.2, 0.25) is 0 Å². The zero-order valence-corrected chi connectivity index (χ0v) is 14.0. The second-order valence-electron chi connectivity index (χ2n) is 4.60. The molecule has 7 heteroatoms. The molecule has 2 rings (SSSR count). The van der Waals surface area contributed by atoms with Gasteiger partial charge >= 0.3 is 0 Å². The summed E-state index contributed by atoms with van der Waals surface area (Å²) in [6.45, 7) is 0.282. The van der Waals surface area contributed by atoms with E-state index in [-0.39, 0.29) is 24.8 Å². The molecule has 136 valence electrons. The lowest BCUT2D eigenvalue weighted by Crippen LogP contribution is -2.21. The minimum absolute atomic E-state index is 0.00559. The van der Waals surface area contributed by atoms with Crippen molar-refractivity contribution in [3.63, 3.8) is 0 Å². The molecule has 2 aromatic rings. The van der Waals surface area contributed by atoms with Gasteiger partial charge in [-0.3, -0.25) is 4.79 Å². The van der Waals surface area contributed by atoms with Crippen LogP contribution in [0.1, 0.15) is 0 Å². The van der Waals surface area contributed by atoms with Crippen LogP contribution in [-0.2, 0) is 14.3 Å². The number of aldehydes is 1. The Morgan fingerprint density at radius 1 is 0.840 bits per heavy atom. The first-order valence-corrected chi connectivity index (χ1v) is 7.35. The molecule has 0 heterocycles. The summed E-state index contributed by atoms with van der Waals surface area (Å²) in [5.74, 6) is 0.486. The molecule has 0 unspecified atom stereocenters. The smallest absolute Gasteiger partial charge is 0.191 e. The molecule has 0 aliphatic heterocycles. The number of hydrogen-bond donors (Lipinski definition) is 0. The van der Waals surface area contributed by atoms with Crippen LogP contribution in [0.2, 0.25) is 0 Å². The number of benzene rings is 2. The third-order valence-corrected chi connectivity index (χ3v) is 2.86. The summed E-state index contributed by atoms with van der Waals surface area (Å²) in [7, 11) is 3.06. The Balaban J connectivity index is 0.000000257. The van der Waals surface area contributed by atoms with Gasteiger partial charge in [-0.15, -0.1) is 0 Å². The first-order valence-electron chi connectivity index (χ1n) is 7.35. The van der Waals surface area contributed by atoms with Gasteiger partial charge in [0.15, 0.2) is 12.6 Å². The van der Waals surface area contributed by atoms with Crippen molar-refractivity contribution in [1.29, 1.82) is 0 Å². The van der Waals surface area contributed by atoms with Crippen LogP contribution in [0.25, 0.3) is 0 Å². The van der Waals surface area contributed by atoms with Gasteiger partial charge in [-0.1, -0.05) is 0 Å². The highest BCUT2D eigenvalue weighted by Gasteiger charge is 2.05. The van der Waals surface area contributed by atoms with Crippen molar-refractivity contribution in [3.05, 3.63) is 60.2 Å². The molecule has 0 aliphatic carbocycles. The van der Waals surface area contributed by atoms with Crippen LogP contribution in [-0.4, -0.2) is 40.0 Å². The summed E-state index contributed by atoms with van der Waals surface area (Å²) < 4.78 is 44.8. The average molecular weight is 354 g/mol. The maximum Gasteiger partial charge on any atom is 0.191 e. The third kappa shape index (κ3) is 8.78. The van der Waals surface area contributed by atoms with Crippen molar-refractivity contribution in [3.8, 4) is 11.5 Å². The van der Waals surface area contributed by atoms with Gasteiger partial charge in [0, 0.05) is 14.2 Å². The first-order chi connectivity index (χ1) is 12.1. The number of carbonyl (C=O) groups excluding carboxylic acids is 1. The van der Waals surface area contributed by atoms with E-state index < -0.39 is 6.29 Å². The zero-order chi connectivity index (χ0) is 18.5. The monoisotopic (exact) mass is 354 g/mol. The van der Waals surface area contributed by atoms with E-state index in [0.29, 0.717) is 17.8 Å². The molecule has 0 saturated carbocycles. The highest BCUT2D eigenvalue weighted by molar-refractivity contribution is 5.51. The molecule has 2 aromatic carbocycles. The molecule has 0 fully saturated rings. The summed E-state index contributed by atoms with van der Waals surface area (Å²) in [4.78, 5) is 9.85. The fourth-order valence-electron chi connectivity index (χ4n) is 1.59. The lowest BCUT2D eigenvalue weighted by atomic mass is 10.3. The van der Waals surface area contributed by atoms with E-state index in [1.807, 2.05) is 0 Å². The fraction of sp³-hybridized carbons (Fsp3) is 0.278. The van der Waals surface area contributed by atoms with Crippen LogP contribution in [0.5, 0.6) is 11.5 Å². The SMILES string of the molecule is COC(COc1ccc(F)cc1)OC.O=CCOc1ccc(F)cc1. The van der Waals surface area contributed by atoms with Crippen LogP contribution in [0, 0.1) is 11.6 Å². The highest BCUT2D eigenvalue weighted by atomic mass is 19.1. The van der Waals surface area contributed by atoms with Gasteiger partial charge in [0.05, 0.1) is 0 Å². The van der Waals surface area contributed by atoms with Gasteiger partial charge in [-0.2, -0.15) is 0 Å². The zero-order valence-electron chi connectivity index (χ0n) is 14.0. The Hall–Kier alpha value is -2.51. The average Bonchev–Trinajstić information content (AvgIpc) is 2.64. The van der Waals surface area contributed by atoms with E-state index in [0.717, 1.165) is 0 Å². The van der Waals surface area contributed by atoms with Crippen LogP contribution in [0.15, 0.2) is 48.5 Å². The normalized spacial score (nSPS) is 9.96. The lowest BCUT2D eigenvalue weighted by molar-refractivity contribution is -0.121.